The number of ether oxygens (including phenoxy) is 1. The lowest BCUT2D eigenvalue weighted by molar-refractivity contribution is 0.281. The highest BCUT2D eigenvalue weighted by Gasteiger charge is 2.05. The molecule has 0 atom stereocenters. The molecule has 0 saturated heterocycles. The predicted octanol–water partition coefficient (Wildman–Crippen LogP) is 4.16. The first-order valence-electron chi connectivity index (χ1n) is 10.6. The molecule has 3 N–H and O–H groups in total. The summed E-state index contributed by atoms with van der Waals surface area (Å²) in [5.41, 5.74) is 3.13. The van der Waals surface area contributed by atoms with Gasteiger partial charge >= 0.3 is 0 Å². The average Bonchev–Trinajstić information content (AvgIpc) is 3.16. The summed E-state index contributed by atoms with van der Waals surface area (Å²) in [4.78, 5) is 9.57. The minimum Gasteiger partial charge on any atom is -0.494 e. The van der Waals surface area contributed by atoms with Crippen LogP contribution in [0.2, 0.25) is 0 Å². The monoisotopic (exact) mass is 553 g/mol. The van der Waals surface area contributed by atoms with Crippen LogP contribution >= 0.6 is 24.0 Å². The molecule has 0 aliphatic heterocycles. The number of nitrogens with zero attached hydrogens (tertiary/aromatic N) is 2. The maximum absolute atomic E-state index is 13.3. The number of hydrogen-bond donors (Lipinski definition) is 3. The summed E-state index contributed by atoms with van der Waals surface area (Å²) in [5.74, 6) is 1.41. The van der Waals surface area contributed by atoms with Crippen LogP contribution < -0.4 is 15.4 Å². The van der Waals surface area contributed by atoms with Gasteiger partial charge in [0, 0.05) is 43.8 Å². The first-order valence-corrected chi connectivity index (χ1v) is 10.6. The maximum Gasteiger partial charge on any atom is 0.191 e. The van der Waals surface area contributed by atoms with Gasteiger partial charge in [0.15, 0.2) is 5.96 Å². The third-order valence-corrected chi connectivity index (χ3v) is 5.04. The smallest absolute Gasteiger partial charge is 0.191 e. The summed E-state index contributed by atoms with van der Waals surface area (Å²) in [6, 6.07) is 13.0. The number of rotatable bonds is 10. The van der Waals surface area contributed by atoms with Crippen molar-refractivity contribution in [1.29, 1.82) is 0 Å². The van der Waals surface area contributed by atoms with E-state index in [1.54, 1.807) is 7.05 Å². The van der Waals surface area contributed by atoms with Gasteiger partial charge < -0.3 is 25.3 Å². The topological polar surface area (TPSA) is 64.7 Å². The van der Waals surface area contributed by atoms with Crippen LogP contribution in [0.1, 0.15) is 17.5 Å². The Balaban J connectivity index is 0.00000363. The summed E-state index contributed by atoms with van der Waals surface area (Å²) < 4.78 is 19.1. The van der Waals surface area contributed by atoms with Crippen molar-refractivity contribution in [1.82, 2.24) is 20.5 Å². The normalized spacial score (nSPS) is 11.5. The molecular weight excluding hydrogens is 520 g/mol. The molecule has 3 aromatic rings. The van der Waals surface area contributed by atoms with E-state index in [1.807, 2.05) is 24.4 Å². The summed E-state index contributed by atoms with van der Waals surface area (Å²) in [5, 5.41) is 7.71. The molecule has 0 bridgehead atoms. The lowest BCUT2D eigenvalue weighted by Gasteiger charge is -2.13. The largest absolute Gasteiger partial charge is 0.494 e. The Labute approximate surface area is 206 Å². The molecule has 0 spiro atoms. The first-order chi connectivity index (χ1) is 15.0. The van der Waals surface area contributed by atoms with Crippen LogP contribution in [0, 0.1) is 5.82 Å². The molecular formula is C24H33FIN5O. The molecule has 2 aromatic carbocycles. The van der Waals surface area contributed by atoms with Crippen molar-refractivity contribution in [3.05, 3.63) is 65.6 Å². The number of fused-ring (bicyclic) bond motifs is 1. The van der Waals surface area contributed by atoms with Crippen LogP contribution in [0.4, 0.5) is 4.39 Å². The minimum atomic E-state index is -0.229. The van der Waals surface area contributed by atoms with Gasteiger partial charge in [0.25, 0.3) is 0 Å². The second-order valence-electron chi connectivity index (χ2n) is 7.76. The molecule has 1 heterocycles. The van der Waals surface area contributed by atoms with Gasteiger partial charge in [0.2, 0.25) is 0 Å². The predicted molar refractivity (Wildman–Crippen MR) is 141 cm³/mol. The molecule has 0 unspecified atom stereocenters. The van der Waals surface area contributed by atoms with Crippen molar-refractivity contribution in [2.75, 3.05) is 40.8 Å². The van der Waals surface area contributed by atoms with E-state index in [2.05, 4.69) is 51.7 Å². The van der Waals surface area contributed by atoms with Crippen LogP contribution in [0.3, 0.4) is 0 Å². The molecule has 0 fully saturated rings. The number of aromatic amines is 1. The van der Waals surface area contributed by atoms with E-state index >= 15 is 0 Å². The highest BCUT2D eigenvalue weighted by Crippen LogP contribution is 2.19. The Morgan fingerprint density at radius 1 is 1.12 bits per heavy atom. The second kappa shape index (κ2) is 13.3. The number of halogens is 2. The molecule has 8 heteroatoms. The standard InChI is InChI=1S/C24H32FN5O.HI/c1-26-24(27-12-11-19-17-28-23-15-20(25)7-10-22(19)23)29-16-18-5-8-21(9-6-18)31-14-4-13-30(2)3;/h5-10,15,17,28H,4,11-14,16H2,1-3H3,(H2,26,27,29);1H. The van der Waals surface area contributed by atoms with E-state index < -0.39 is 0 Å². The fourth-order valence-corrected chi connectivity index (χ4v) is 3.36. The Morgan fingerprint density at radius 2 is 1.91 bits per heavy atom. The molecule has 174 valence electrons. The summed E-state index contributed by atoms with van der Waals surface area (Å²) >= 11 is 0. The van der Waals surface area contributed by atoms with Gasteiger partial charge in [-0.25, -0.2) is 4.39 Å². The third-order valence-electron chi connectivity index (χ3n) is 5.04. The Morgan fingerprint density at radius 3 is 2.62 bits per heavy atom. The van der Waals surface area contributed by atoms with E-state index in [4.69, 9.17) is 4.74 Å². The fourth-order valence-electron chi connectivity index (χ4n) is 3.36. The van der Waals surface area contributed by atoms with Crippen molar-refractivity contribution >= 4 is 40.8 Å². The Bertz CT molecular complexity index is 988. The van der Waals surface area contributed by atoms with E-state index in [-0.39, 0.29) is 29.8 Å². The van der Waals surface area contributed by atoms with E-state index in [0.29, 0.717) is 6.54 Å². The number of guanidine groups is 1. The zero-order valence-electron chi connectivity index (χ0n) is 19.0. The minimum absolute atomic E-state index is 0. The van der Waals surface area contributed by atoms with Gasteiger partial charge in [-0.05, 0) is 68.4 Å². The van der Waals surface area contributed by atoms with E-state index in [9.17, 15) is 4.39 Å². The second-order valence-corrected chi connectivity index (χ2v) is 7.76. The number of nitrogens with one attached hydrogen (secondary N) is 3. The van der Waals surface area contributed by atoms with Crippen LogP contribution in [0.5, 0.6) is 5.75 Å². The van der Waals surface area contributed by atoms with Crippen molar-refractivity contribution in [2.24, 2.45) is 4.99 Å². The maximum atomic E-state index is 13.3. The zero-order chi connectivity index (χ0) is 22.1. The van der Waals surface area contributed by atoms with Crippen LogP contribution in [0.15, 0.2) is 53.7 Å². The molecule has 32 heavy (non-hydrogen) atoms. The fraction of sp³-hybridized carbons (Fsp3) is 0.375. The summed E-state index contributed by atoms with van der Waals surface area (Å²) in [6.45, 7) is 3.14. The summed E-state index contributed by atoms with van der Waals surface area (Å²) in [7, 11) is 5.89. The molecule has 3 rings (SSSR count). The lowest BCUT2D eigenvalue weighted by atomic mass is 10.1. The molecule has 6 nitrogen and oxygen atoms in total. The zero-order valence-corrected chi connectivity index (χ0v) is 21.3. The van der Waals surface area contributed by atoms with Crippen LogP contribution in [-0.4, -0.2) is 56.7 Å². The van der Waals surface area contributed by atoms with Gasteiger partial charge in [-0.2, -0.15) is 0 Å². The highest BCUT2D eigenvalue weighted by atomic mass is 127. The van der Waals surface area contributed by atoms with Crippen molar-refractivity contribution in [2.45, 2.75) is 19.4 Å². The molecule has 1 aromatic heterocycles. The van der Waals surface area contributed by atoms with Crippen molar-refractivity contribution in [3.8, 4) is 5.75 Å². The van der Waals surface area contributed by atoms with Crippen LogP contribution in [0.25, 0.3) is 10.9 Å². The van der Waals surface area contributed by atoms with Gasteiger partial charge in [0.05, 0.1) is 6.61 Å². The molecule has 0 saturated carbocycles. The Kier molecular flexibility index (Phi) is 10.8. The molecule has 0 radical (unpaired) electrons. The van der Waals surface area contributed by atoms with Crippen molar-refractivity contribution in [3.63, 3.8) is 0 Å². The van der Waals surface area contributed by atoms with E-state index in [0.717, 1.165) is 66.3 Å². The van der Waals surface area contributed by atoms with Gasteiger partial charge in [-0.3, -0.25) is 4.99 Å². The lowest BCUT2D eigenvalue weighted by Crippen LogP contribution is -2.37. The highest BCUT2D eigenvalue weighted by molar-refractivity contribution is 14.0. The van der Waals surface area contributed by atoms with Gasteiger partial charge in [0.1, 0.15) is 11.6 Å². The number of H-pyrrole nitrogens is 1. The quantitative estimate of drug-likeness (QED) is 0.153. The summed E-state index contributed by atoms with van der Waals surface area (Å²) in [6.07, 6.45) is 3.76. The molecule has 0 amide bonds. The molecule has 0 aliphatic carbocycles. The number of aromatic nitrogens is 1. The SMILES string of the molecule is CN=C(NCCc1c[nH]c2cc(F)ccc12)NCc1ccc(OCCCN(C)C)cc1.I. The average molecular weight is 553 g/mol. The van der Waals surface area contributed by atoms with Gasteiger partial charge in [-0.15, -0.1) is 24.0 Å². The Hall–Kier alpha value is -2.33. The molecule has 0 aliphatic rings. The first kappa shape index (κ1) is 25.9. The third kappa shape index (κ3) is 7.98. The van der Waals surface area contributed by atoms with Crippen molar-refractivity contribution < 1.29 is 9.13 Å². The number of benzene rings is 2. The number of hydrogen-bond acceptors (Lipinski definition) is 3. The van der Waals surface area contributed by atoms with Crippen LogP contribution in [-0.2, 0) is 13.0 Å². The van der Waals surface area contributed by atoms with Gasteiger partial charge in [-0.1, -0.05) is 12.1 Å². The number of aliphatic imine (C=N–C) groups is 1. The van der Waals surface area contributed by atoms with E-state index in [1.165, 1.54) is 12.1 Å².